The van der Waals surface area contributed by atoms with Crippen molar-refractivity contribution in [2.45, 2.75) is 37.1 Å². The quantitative estimate of drug-likeness (QED) is 0.557. The van der Waals surface area contributed by atoms with Gasteiger partial charge in [-0.1, -0.05) is 30.7 Å². The zero-order valence-corrected chi connectivity index (χ0v) is 14.2. The number of fused-ring (bicyclic) bond motifs is 3. The molecule has 2 aliphatic rings. The predicted octanol–water partition coefficient (Wildman–Crippen LogP) is 4.62. The molecule has 24 heavy (non-hydrogen) atoms. The van der Waals surface area contributed by atoms with Crippen molar-refractivity contribution in [2.75, 3.05) is 0 Å². The van der Waals surface area contributed by atoms with Crippen LogP contribution in [-0.4, -0.2) is 13.9 Å². The first-order valence-corrected chi connectivity index (χ1v) is 9.02. The highest BCUT2D eigenvalue weighted by molar-refractivity contribution is 7.87. The lowest BCUT2D eigenvalue weighted by Gasteiger charge is -2.39. The Hall–Kier alpha value is -1.47. The maximum absolute atomic E-state index is 12.5. The molecular formula is C16H14ClF3O3S. The summed E-state index contributed by atoms with van der Waals surface area (Å²) in [4.78, 5) is 0. The molecule has 130 valence electrons. The molecule has 0 radical (unpaired) electrons. The standard InChI is InChI=1S/C16H14ClF3O3S/c1-15-7-6-13(23-24(21,22)16(18,19)20)9-11(15)3-2-10-8-12(17)4-5-14(10)15/h3-5,8-9H,2,6-7H2,1H3. The Morgan fingerprint density at radius 1 is 1.29 bits per heavy atom. The fraction of sp³-hybridized carbons (Fsp3) is 0.375. The van der Waals surface area contributed by atoms with Gasteiger partial charge in [-0.25, -0.2) is 0 Å². The molecule has 1 unspecified atom stereocenters. The van der Waals surface area contributed by atoms with Gasteiger partial charge >= 0.3 is 15.6 Å². The van der Waals surface area contributed by atoms with Gasteiger partial charge in [0.05, 0.1) is 0 Å². The summed E-state index contributed by atoms with van der Waals surface area (Å²) in [5.41, 5.74) is -2.95. The third kappa shape index (κ3) is 2.84. The number of allylic oxidation sites excluding steroid dienone is 4. The highest BCUT2D eigenvalue weighted by Gasteiger charge is 2.49. The van der Waals surface area contributed by atoms with Crippen LogP contribution in [0.1, 0.15) is 30.9 Å². The van der Waals surface area contributed by atoms with E-state index in [1.54, 1.807) is 6.07 Å². The van der Waals surface area contributed by atoms with Gasteiger partial charge in [0.1, 0.15) is 5.76 Å². The van der Waals surface area contributed by atoms with E-state index in [-0.39, 0.29) is 12.2 Å². The first kappa shape index (κ1) is 17.4. The van der Waals surface area contributed by atoms with E-state index in [1.165, 1.54) is 6.08 Å². The highest BCUT2D eigenvalue weighted by atomic mass is 35.5. The van der Waals surface area contributed by atoms with Crippen LogP contribution in [0.3, 0.4) is 0 Å². The Balaban J connectivity index is 1.95. The zero-order valence-electron chi connectivity index (χ0n) is 12.7. The van der Waals surface area contributed by atoms with Gasteiger partial charge in [0, 0.05) is 16.9 Å². The zero-order chi connectivity index (χ0) is 17.8. The topological polar surface area (TPSA) is 43.4 Å². The number of hydrogen-bond acceptors (Lipinski definition) is 3. The Morgan fingerprint density at radius 3 is 2.67 bits per heavy atom. The fourth-order valence-electron chi connectivity index (χ4n) is 3.24. The molecule has 3 nitrogen and oxygen atoms in total. The van der Waals surface area contributed by atoms with E-state index in [0.29, 0.717) is 17.9 Å². The summed E-state index contributed by atoms with van der Waals surface area (Å²) < 4.78 is 64.0. The summed E-state index contributed by atoms with van der Waals surface area (Å²) in [6.45, 7) is 1.98. The summed E-state index contributed by atoms with van der Waals surface area (Å²) in [5, 5.41) is 0.626. The van der Waals surface area contributed by atoms with Gasteiger partial charge in [-0.15, -0.1) is 0 Å². The third-order valence-corrected chi connectivity index (χ3v) is 5.76. The monoisotopic (exact) mass is 378 g/mol. The maximum atomic E-state index is 12.5. The van der Waals surface area contributed by atoms with Gasteiger partial charge in [-0.2, -0.15) is 21.6 Å². The van der Waals surface area contributed by atoms with Crippen LogP contribution in [0.25, 0.3) is 0 Å². The van der Waals surface area contributed by atoms with Crippen molar-refractivity contribution in [3.05, 3.63) is 57.8 Å². The largest absolute Gasteiger partial charge is 0.534 e. The van der Waals surface area contributed by atoms with Gasteiger partial charge in [0.15, 0.2) is 0 Å². The Bertz CT molecular complexity index is 856. The molecule has 1 aromatic carbocycles. The van der Waals surface area contributed by atoms with Gasteiger partial charge in [-0.05, 0) is 47.8 Å². The van der Waals surface area contributed by atoms with Crippen LogP contribution in [0, 0.1) is 0 Å². The van der Waals surface area contributed by atoms with E-state index in [2.05, 4.69) is 4.18 Å². The van der Waals surface area contributed by atoms with Crippen LogP contribution in [0.4, 0.5) is 13.2 Å². The van der Waals surface area contributed by atoms with Crippen LogP contribution in [0.15, 0.2) is 41.7 Å². The molecule has 2 aliphatic carbocycles. The third-order valence-electron chi connectivity index (χ3n) is 4.53. The van der Waals surface area contributed by atoms with Crippen LogP contribution in [0.2, 0.25) is 5.02 Å². The van der Waals surface area contributed by atoms with E-state index in [0.717, 1.165) is 16.7 Å². The fourth-order valence-corrected chi connectivity index (χ4v) is 3.94. The minimum atomic E-state index is -5.63. The molecule has 0 amide bonds. The Labute approximate surface area is 142 Å². The number of rotatable bonds is 2. The van der Waals surface area contributed by atoms with Gasteiger partial charge in [-0.3, -0.25) is 0 Å². The molecule has 0 fully saturated rings. The molecule has 0 aliphatic heterocycles. The average molecular weight is 379 g/mol. The molecule has 8 heteroatoms. The van der Waals surface area contributed by atoms with Crippen molar-refractivity contribution in [1.82, 2.24) is 0 Å². The molecule has 0 saturated carbocycles. The second-order valence-electron chi connectivity index (χ2n) is 6.09. The lowest BCUT2D eigenvalue weighted by molar-refractivity contribution is -0.0524. The van der Waals surface area contributed by atoms with E-state index in [9.17, 15) is 21.6 Å². The van der Waals surface area contributed by atoms with Crippen molar-refractivity contribution in [1.29, 1.82) is 0 Å². The molecule has 0 N–H and O–H groups in total. The molecule has 0 aromatic heterocycles. The highest BCUT2D eigenvalue weighted by Crippen LogP contribution is 2.47. The van der Waals surface area contributed by atoms with Crippen molar-refractivity contribution < 1.29 is 25.8 Å². The summed E-state index contributed by atoms with van der Waals surface area (Å²) in [6, 6.07) is 5.56. The predicted molar refractivity (Wildman–Crippen MR) is 84.0 cm³/mol. The van der Waals surface area contributed by atoms with Gasteiger partial charge in [0.2, 0.25) is 0 Å². The van der Waals surface area contributed by atoms with Crippen LogP contribution >= 0.6 is 11.6 Å². The van der Waals surface area contributed by atoms with Crippen molar-refractivity contribution in [2.24, 2.45) is 0 Å². The van der Waals surface area contributed by atoms with E-state index in [1.807, 2.05) is 25.1 Å². The van der Waals surface area contributed by atoms with Crippen molar-refractivity contribution in [3.8, 4) is 0 Å². The van der Waals surface area contributed by atoms with Crippen LogP contribution in [-0.2, 0) is 26.1 Å². The number of hydrogen-bond donors (Lipinski definition) is 0. The Kier molecular flexibility index (Phi) is 3.99. The van der Waals surface area contributed by atoms with Gasteiger partial charge < -0.3 is 4.18 Å². The average Bonchev–Trinajstić information content (AvgIpc) is 2.46. The first-order valence-electron chi connectivity index (χ1n) is 7.24. The minimum absolute atomic E-state index is 0.102. The van der Waals surface area contributed by atoms with Crippen LogP contribution < -0.4 is 0 Å². The number of alkyl halides is 3. The SMILES string of the molecule is CC12CCC(OS(=O)(=O)C(F)(F)F)=CC1=CCc1cc(Cl)ccc12. The number of benzene rings is 1. The van der Waals surface area contributed by atoms with Crippen molar-refractivity contribution >= 4 is 21.7 Å². The van der Waals surface area contributed by atoms with Crippen LogP contribution in [0.5, 0.6) is 0 Å². The van der Waals surface area contributed by atoms with Crippen molar-refractivity contribution in [3.63, 3.8) is 0 Å². The minimum Gasteiger partial charge on any atom is -0.381 e. The summed E-state index contributed by atoms with van der Waals surface area (Å²) in [5.74, 6) is -0.187. The molecule has 3 rings (SSSR count). The van der Waals surface area contributed by atoms with E-state index < -0.39 is 21.0 Å². The Morgan fingerprint density at radius 2 is 2.00 bits per heavy atom. The lowest BCUT2D eigenvalue weighted by Crippen LogP contribution is -2.32. The smallest absolute Gasteiger partial charge is 0.381 e. The van der Waals surface area contributed by atoms with E-state index in [4.69, 9.17) is 11.6 Å². The summed E-state index contributed by atoms with van der Waals surface area (Å²) >= 11 is 6.01. The second-order valence-corrected chi connectivity index (χ2v) is 8.07. The van der Waals surface area contributed by atoms with E-state index >= 15 is 0 Å². The molecule has 1 aromatic rings. The summed E-state index contributed by atoms with van der Waals surface area (Å²) in [6.07, 6.45) is 4.42. The normalized spacial score (nSPS) is 23.7. The first-order chi connectivity index (χ1) is 11.0. The maximum Gasteiger partial charge on any atom is 0.534 e. The van der Waals surface area contributed by atoms with Gasteiger partial charge in [0.25, 0.3) is 0 Å². The second kappa shape index (κ2) is 5.52. The number of halogens is 4. The molecule has 1 atom stereocenters. The molecule has 0 spiro atoms. The molecule has 0 saturated heterocycles. The molecule has 0 bridgehead atoms. The molecular weight excluding hydrogens is 365 g/mol. The lowest BCUT2D eigenvalue weighted by atomic mass is 9.65. The summed E-state index contributed by atoms with van der Waals surface area (Å²) in [7, 11) is -5.63. The molecule has 0 heterocycles.